The summed E-state index contributed by atoms with van der Waals surface area (Å²) in [7, 11) is -2.88. The van der Waals surface area contributed by atoms with Crippen molar-refractivity contribution in [3.8, 4) is 5.75 Å². The number of ether oxygens (including phenoxy) is 1. The quantitative estimate of drug-likeness (QED) is 0.227. The van der Waals surface area contributed by atoms with Gasteiger partial charge in [0, 0.05) is 18.1 Å². The first-order chi connectivity index (χ1) is 12.3. The van der Waals surface area contributed by atoms with E-state index in [4.69, 9.17) is 39.5 Å². The van der Waals surface area contributed by atoms with Gasteiger partial charge in [-0.15, -0.1) is 24.0 Å². The molecular formula is C16H23Cl3IN3O3S. The zero-order valence-corrected chi connectivity index (χ0v) is 20.2. The Kier molecular flexibility index (Phi) is 10.8. The van der Waals surface area contributed by atoms with Crippen LogP contribution in [0.5, 0.6) is 5.75 Å². The highest BCUT2D eigenvalue weighted by molar-refractivity contribution is 14.0. The second kappa shape index (κ2) is 11.7. The Labute approximate surface area is 192 Å². The summed E-state index contributed by atoms with van der Waals surface area (Å²) in [6.07, 6.45) is 0.669. The highest BCUT2D eigenvalue weighted by atomic mass is 127. The molecule has 2 N–H and O–H groups in total. The van der Waals surface area contributed by atoms with E-state index in [2.05, 4.69) is 15.6 Å². The van der Waals surface area contributed by atoms with E-state index >= 15 is 0 Å². The number of hydrogen-bond donors (Lipinski definition) is 2. The van der Waals surface area contributed by atoms with Gasteiger partial charge < -0.3 is 15.4 Å². The number of guanidine groups is 1. The number of hydrogen-bond acceptors (Lipinski definition) is 4. The predicted molar refractivity (Wildman–Crippen MR) is 123 cm³/mol. The van der Waals surface area contributed by atoms with Crippen molar-refractivity contribution < 1.29 is 13.2 Å². The van der Waals surface area contributed by atoms with Crippen molar-refractivity contribution in [1.29, 1.82) is 0 Å². The molecule has 0 aromatic heterocycles. The molecule has 0 aliphatic carbocycles. The number of benzene rings is 1. The van der Waals surface area contributed by atoms with Crippen molar-refractivity contribution in [2.75, 3.05) is 37.7 Å². The summed E-state index contributed by atoms with van der Waals surface area (Å²) in [6, 6.07) is 3.14. The Bertz CT molecular complexity index is 740. The minimum Gasteiger partial charge on any atom is -0.489 e. The Morgan fingerprint density at radius 3 is 2.48 bits per heavy atom. The highest BCUT2D eigenvalue weighted by Gasteiger charge is 2.27. The minimum atomic E-state index is -2.88. The van der Waals surface area contributed by atoms with E-state index in [9.17, 15) is 8.42 Å². The Hall–Kier alpha value is -0.160. The van der Waals surface area contributed by atoms with E-state index < -0.39 is 9.84 Å². The average Bonchev–Trinajstić information content (AvgIpc) is 2.90. The maximum Gasteiger partial charge on any atom is 0.191 e. The van der Waals surface area contributed by atoms with E-state index in [1.165, 1.54) is 0 Å². The number of rotatable bonds is 7. The molecule has 1 fully saturated rings. The Morgan fingerprint density at radius 2 is 1.93 bits per heavy atom. The fourth-order valence-electron chi connectivity index (χ4n) is 2.57. The van der Waals surface area contributed by atoms with Crippen LogP contribution in [0.2, 0.25) is 15.1 Å². The average molecular weight is 571 g/mol. The molecule has 0 amide bonds. The first kappa shape index (κ1) is 24.9. The van der Waals surface area contributed by atoms with Gasteiger partial charge in [0.25, 0.3) is 0 Å². The zero-order chi connectivity index (χ0) is 19.2. The van der Waals surface area contributed by atoms with Crippen LogP contribution in [-0.4, -0.2) is 52.1 Å². The van der Waals surface area contributed by atoms with Crippen LogP contribution in [0, 0.1) is 5.92 Å². The van der Waals surface area contributed by atoms with E-state index in [-0.39, 0.29) is 41.4 Å². The number of nitrogens with one attached hydrogen (secondary N) is 2. The fraction of sp³-hybridized carbons (Fsp3) is 0.562. The lowest BCUT2D eigenvalue weighted by molar-refractivity contribution is 0.322. The molecule has 1 aromatic rings. The zero-order valence-electron chi connectivity index (χ0n) is 14.8. The molecule has 154 valence electrons. The summed E-state index contributed by atoms with van der Waals surface area (Å²) < 4.78 is 28.6. The normalized spacial score (nSPS) is 18.7. The molecule has 2 rings (SSSR count). The Balaban J connectivity index is 0.00000364. The molecule has 0 saturated carbocycles. The molecule has 0 bridgehead atoms. The first-order valence-corrected chi connectivity index (χ1v) is 11.3. The van der Waals surface area contributed by atoms with Gasteiger partial charge in [-0.1, -0.05) is 34.8 Å². The number of nitrogens with zero attached hydrogens (tertiary/aromatic N) is 1. The maximum atomic E-state index is 11.5. The smallest absolute Gasteiger partial charge is 0.191 e. The van der Waals surface area contributed by atoms with Crippen molar-refractivity contribution in [2.45, 2.75) is 13.3 Å². The van der Waals surface area contributed by atoms with Crippen LogP contribution < -0.4 is 15.4 Å². The lowest BCUT2D eigenvalue weighted by atomic mass is 10.1. The standard InChI is InChI=1S/C16H22Cl3N3O3S.HI/c1-2-20-16(22-9-11-3-6-26(23,24)10-11)21-4-5-25-15-13(18)7-12(17)8-14(15)19;/h7-8,11H,2-6,9-10H2,1H3,(H2,20,21,22);1H. The minimum absolute atomic E-state index is 0. The maximum absolute atomic E-state index is 11.5. The molecule has 0 radical (unpaired) electrons. The van der Waals surface area contributed by atoms with Gasteiger partial charge in [0.1, 0.15) is 6.61 Å². The van der Waals surface area contributed by atoms with Crippen LogP contribution in [0.1, 0.15) is 13.3 Å². The molecule has 1 unspecified atom stereocenters. The van der Waals surface area contributed by atoms with Gasteiger partial charge in [-0.2, -0.15) is 0 Å². The predicted octanol–water partition coefficient (Wildman–Crippen LogP) is 3.63. The third-order valence-corrected chi connectivity index (χ3v) is 6.40. The largest absolute Gasteiger partial charge is 0.489 e. The summed E-state index contributed by atoms with van der Waals surface area (Å²) in [5.41, 5.74) is 0. The summed E-state index contributed by atoms with van der Waals surface area (Å²) in [4.78, 5) is 4.46. The van der Waals surface area contributed by atoms with E-state index in [1.54, 1.807) is 12.1 Å². The fourth-order valence-corrected chi connectivity index (χ4v) is 5.34. The molecule has 6 nitrogen and oxygen atoms in total. The van der Waals surface area contributed by atoms with E-state index in [0.29, 0.717) is 59.4 Å². The van der Waals surface area contributed by atoms with Gasteiger partial charge in [0.15, 0.2) is 21.5 Å². The summed E-state index contributed by atoms with van der Waals surface area (Å²) in [5.74, 6) is 1.56. The topological polar surface area (TPSA) is 79.8 Å². The molecule has 1 aromatic carbocycles. The van der Waals surface area contributed by atoms with E-state index in [1.807, 2.05) is 6.92 Å². The second-order valence-electron chi connectivity index (χ2n) is 5.96. The SMILES string of the molecule is CCNC(=NCC1CCS(=O)(=O)C1)NCCOc1c(Cl)cc(Cl)cc1Cl.I. The third kappa shape index (κ3) is 8.39. The number of halogens is 4. The van der Waals surface area contributed by atoms with Crippen molar-refractivity contribution in [1.82, 2.24) is 10.6 Å². The van der Waals surface area contributed by atoms with Crippen LogP contribution in [-0.2, 0) is 9.84 Å². The molecule has 1 atom stereocenters. The molecular weight excluding hydrogens is 548 g/mol. The monoisotopic (exact) mass is 569 g/mol. The van der Waals surface area contributed by atoms with Crippen LogP contribution in [0.25, 0.3) is 0 Å². The molecule has 1 heterocycles. The molecule has 0 spiro atoms. The van der Waals surface area contributed by atoms with Crippen molar-refractivity contribution in [3.05, 3.63) is 27.2 Å². The second-order valence-corrected chi connectivity index (χ2v) is 9.44. The van der Waals surface area contributed by atoms with Gasteiger partial charge in [-0.05, 0) is 31.4 Å². The van der Waals surface area contributed by atoms with Gasteiger partial charge in [0.05, 0.1) is 28.1 Å². The van der Waals surface area contributed by atoms with Gasteiger partial charge in [-0.3, -0.25) is 4.99 Å². The van der Waals surface area contributed by atoms with Crippen LogP contribution >= 0.6 is 58.8 Å². The van der Waals surface area contributed by atoms with Crippen molar-refractivity contribution >= 4 is 74.6 Å². The molecule has 1 aliphatic rings. The third-order valence-electron chi connectivity index (χ3n) is 3.78. The summed E-state index contributed by atoms with van der Waals surface area (Å²) in [5, 5.41) is 7.41. The molecule has 1 aliphatic heterocycles. The molecule has 11 heteroatoms. The van der Waals surface area contributed by atoms with Gasteiger partial charge in [-0.25, -0.2) is 8.42 Å². The van der Waals surface area contributed by atoms with E-state index in [0.717, 1.165) is 0 Å². The van der Waals surface area contributed by atoms with Gasteiger partial charge in [0.2, 0.25) is 0 Å². The summed E-state index contributed by atoms with van der Waals surface area (Å²) in [6.45, 7) is 3.93. The first-order valence-electron chi connectivity index (χ1n) is 8.30. The van der Waals surface area contributed by atoms with Gasteiger partial charge >= 0.3 is 0 Å². The lowest BCUT2D eigenvalue weighted by Gasteiger charge is -2.14. The number of aliphatic imine (C=N–C) groups is 1. The van der Waals surface area contributed by atoms with Crippen molar-refractivity contribution in [3.63, 3.8) is 0 Å². The van der Waals surface area contributed by atoms with Crippen LogP contribution in [0.4, 0.5) is 0 Å². The molecule has 1 saturated heterocycles. The van der Waals surface area contributed by atoms with Crippen LogP contribution in [0.15, 0.2) is 17.1 Å². The highest BCUT2D eigenvalue weighted by Crippen LogP contribution is 2.35. The van der Waals surface area contributed by atoms with Crippen LogP contribution in [0.3, 0.4) is 0 Å². The number of sulfone groups is 1. The molecule has 27 heavy (non-hydrogen) atoms. The lowest BCUT2D eigenvalue weighted by Crippen LogP contribution is -2.39. The van der Waals surface area contributed by atoms with Crippen molar-refractivity contribution in [2.24, 2.45) is 10.9 Å². The summed E-state index contributed by atoms with van der Waals surface area (Å²) >= 11 is 18.0. The Morgan fingerprint density at radius 1 is 1.26 bits per heavy atom.